The zero-order valence-corrected chi connectivity index (χ0v) is 16.6. The maximum Gasteiger partial charge on any atom is 0.220 e. The third-order valence-corrected chi connectivity index (χ3v) is 5.60. The summed E-state index contributed by atoms with van der Waals surface area (Å²) in [5.41, 5.74) is 0. The van der Waals surface area contributed by atoms with Crippen LogP contribution in [0, 0.1) is 0 Å². The Morgan fingerprint density at radius 2 is 1.86 bits per heavy atom. The van der Waals surface area contributed by atoms with E-state index in [2.05, 4.69) is 35.0 Å². The highest BCUT2D eigenvalue weighted by Crippen LogP contribution is 2.20. The first-order valence-electron chi connectivity index (χ1n) is 8.19. The molecule has 0 fully saturated rings. The highest BCUT2D eigenvalue weighted by Gasteiger charge is 2.07. The maximum absolute atomic E-state index is 11.8. The number of nitrogens with zero attached hydrogens (tertiary/aromatic N) is 1. The van der Waals surface area contributed by atoms with E-state index in [0.717, 1.165) is 24.6 Å². The minimum atomic E-state index is 0.184. The van der Waals surface area contributed by atoms with Crippen molar-refractivity contribution in [3.05, 3.63) is 0 Å². The van der Waals surface area contributed by atoms with Crippen LogP contribution in [-0.2, 0) is 4.79 Å². The molecule has 0 spiro atoms. The molecule has 0 aliphatic carbocycles. The average molecular weight is 350 g/mol. The smallest absolute Gasteiger partial charge is 0.220 e. The third kappa shape index (κ3) is 12.6. The van der Waals surface area contributed by atoms with Gasteiger partial charge in [0.25, 0.3) is 0 Å². The Morgan fingerprint density at radius 3 is 2.45 bits per heavy atom. The molecule has 4 nitrogen and oxygen atoms in total. The molecule has 0 rings (SSSR count). The van der Waals surface area contributed by atoms with Crippen LogP contribution in [0.4, 0.5) is 0 Å². The van der Waals surface area contributed by atoms with Crippen LogP contribution in [0.25, 0.3) is 0 Å². The van der Waals surface area contributed by atoms with Gasteiger partial charge in [-0.1, -0.05) is 6.42 Å². The molecule has 132 valence electrons. The van der Waals surface area contributed by atoms with E-state index >= 15 is 0 Å². The van der Waals surface area contributed by atoms with Gasteiger partial charge in [-0.05, 0) is 58.5 Å². The van der Waals surface area contributed by atoms with Gasteiger partial charge in [-0.15, -0.1) is 0 Å². The Hall–Kier alpha value is 0.0900. The first-order valence-corrected chi connectivity index (χ1v) is 10.9. The van der Waals surface area contributed by atoms with Crippen molar-refractivity contribution >= 4 is 29.4 Å². The number of carbonyl (C=O) groups is 1. The van der Waals surface area contributed by atoms with E-state index in [-0.39, 0.29) is 5.91 Å². The molecule has 2 atom stereocenters. The van der Waals surface area contributed by atoms with Crippen LogP contribution in [0.15, 0.2) is 0 Å². The molecule has 0 bridgehead atoms. The van der Waals surface area contributed by atoms with Crippen molar-refractivity contribution in [3.63, 3.8) is 0 Å². The molecule has 1 amide bonds. The molecule has 0 saturated carbocycles. The van der Waals surface area contributed by atoms with Crippen LogP contribution in [0.1, 0.15) is 39.0 Å². The predicted molar refractivity (Wildman–Crippen MR) is 103 cm³/mol. The molecule has 6 heteroatoms. The molecular weight excluding hydrogens is 314 g/mol. The van der Waals surface area contributed by atoms with Gasteiger partial charge in [0.2, 0.25) is 5.91 Å². The van der Waals surface area contributed by atoms with Crippen molar-refractivity contribution in [2.75, 3.05) is 45.4 Å². The normalized spacial score (nSPS) is 14.1. The monoisotopic (exact) mass is 349 g/mol. The van der Waals surface area contributed by atoms with Crippen LogP contribution in [0.2, 0.25) is 0 Å². The fourth-order valence-electron chi connectivity index (χ4n) is 2.04. The molecule has 0 aromatic carbocycles. The van der Waals surface area contributed by atoms with E-state index in [1.54, 1.807) is 0 Å². The third-order valence-electron chi connectivity index (χ3n) is 3.82. The van der Waals surface area contributed by atoms with E-state index in [0.29, 0.717) is 19.1 Å². The van der Waals surface area contributed by atoms with Crippen molar-refractivity contribution in [3.8, 4) is 0 Å². The highest BCUT2D eigenvalue weighted by molar-refractivity contribution is 7.99. The molecule has 0 aliphatic heterocycles. The van der Waals surface area contributed by atoms with Gasteiger partial charge in [0, 0.05) is 24.8 Å². The zero-order valence-electron chi connectivity index (χ0n) is 15.0. The lowest BCUT2D eigenvalue weighted by molar-refractivity contribution is -0.121. The molecule has 0 aliphatic rings. The van der Waals surface area contributed by atoms with Gasteiger partial charge >= 0.3 is 0 Å². The summed E-state index contributed by atoms with van der Waals surface area (Å²) < 4.78 is 0. The molecule has 2 unspecified atom stereocenters. The summed E-state index contributed by atoms with van der Waals surface area (Å²) in [6.07, 6.45) is 10.0. The van der Waals surface area contributed by atoms with Crippen molar-refractivity contribution < 1.29 is 4.79 Å². The summed E-state index contributed by atoms with van der Waals surface area (Å²) in [7, 11) is 4.08. The van der Waals surface area contributed by atoms with Crippen molar-refractivity contribution in [2.24, 2.45) is 0 Å². The topological polar surface area (TPSA) is 44.4 Å². The van der Waals surface area contributed by atoms with Crippen LogP contribution >= 0.6 is 23.5 Å². The van der Waals surface area contributed by atoms with Crippen molar-refractivity contribution in [2.45, 2.75) is 50.4 Å². The Labute approximate surface area is 145 Å². The lowest BCUT2D eigenvalue weighted by Crippen LogP contribution is -2.42. The molecular formula is C16H35N3OS2. The number of hydrogen-bond acceptors (Lipinski definition) is 5. The predicted octanol–water partition coefficient (Wildman–Crippen LogP) is 2.64. The summed E-state index contributed by atoms with van der Waals surface area (Å²) in [6.45, 7) is 3.63. The number of hydrogen-bond donors (Lipinski definition) is 2. The molecule has 0 heterocycles. The lowest BCUT2D eigenvalue weighted by Gasteiger charge is -2.21. The number of nitrogens with one attached hydrogen (secondary N) is 2. The lowest BCUT2D eigenvalue weighted by atomic mass is 10.1. The number of thioether (sulfide) groups is 2. The van der Waals surface area contributed by atoms with Gasteiger partial charge in [0.15, 0.2) is 0 Å². The van der Waals surface area contributed by atoms with Gasteiger partial charge in [0.1, 0.15) is 0 Å². The summed E-state index contributed by atoms with van der Waals surface area (Å²) >= 11 is 3.88. The molecule has 0 radical (unpaired) electrons. The van der Waals surface area contributed by atoms with Crippen molar-refractivity contribution in [1.29, 1.82) is 0 Å². The number of amides is 1. The minimum Gasteiger partial charge on any atom is -0.355 e. The largest absolute Gasteiger partial charge is 0.355 e. The second-order valence-electron chi connectivity index (χ2n) is 5.83. The number of unbranched alkanes of at least 4 members (excludes halogenated alkanes) is 1. The van der Waals surface area contributed by atoms with Crippen LogP contribution in [0.5, 0.6) is 0 Å². The second kappa shape index (κ2) is 14.7. The summed E-state index contributed by atoms with van der Waals surface area (Å²) in [6, 6.07) is 0. The first-order chi connectivity index (χ1) is 10.5. The van der Waals surface area contributed by atoms with Crippen LogP contribution in [0.3, 0.4) is 0 Å². The van der Waals surface area contributed by atoms with Crippen molar-refractivity contribution in [1.82, 2.24) is 15.5 Å². The van der Waals surface area contributed by atoms with Gasteiger partial charge < -0.3 is 10.6 Å². The van der Waals surface area contributed by atoms with Gasteiger partial charge in [0.05, 0.1) is 6.17 Å². The van der Waals surface area contributed by atoms with Gasteiger partial charge in [-0.3, -0.25) is 9.69 Å². The zero-order chi connectivity index (χ0) is 16.8. The Kier molecular flexibility index (Phi) is 14.7. The summed E-state index contributed by atoms with van der Waals surface area (Å²) in [5.74, 6) is 1.42. The van der Waals surface area contributed by atoms with Crippen LogP contribution < -0.4 is 10.6 Å². The second-order valence-corrected chi connectivity index (χ2v) is 7.95. The fraction of sp³-hybridized carbons (Fsp3) is 0.938. The Bertz CT molecular complexity index is 278. The minimum absolute atomic E-state index is 0.184. The Balaban J connectivity index is 3.53. The number of carbonyl (C=O) groups excluding carboxylic acids is 1. The molecule has 22 heavy (non-hydrogen) atoms. The van der Waals surface area contributed by atoms with E-state index in [1.807, 2.05) is 37.6 Å². The molecule has 2 N–H and O–H groups in total. The van der Waals surface area contributed by atoms with Crippen LogP contribution in [-0.4, -0.2) is 67.7 Å². The summed E-state index contributed by atoms with van der Waals surface area (Å²) in [5, 5.41) is 7.09. The average Bonchev–Trinajstić information content (AvgIpc) is 2.50. The molecule has 0 saturated heterocycles. The van der Waals surface area contributed by atoms with E-state index in [9.17, 15) is 4.79 Å². The first kappa shape index (κ1) is 22.1. The van der Waals surface area contributed by atoms with Gasteiger partial charge in [-0.2, -0.15) is 23.5 Å². The quantitative estimate of drug-likeness (QED) is 0.373. The van der Waals surface area contributed by atoms with E-state index in [1.165, 1.54) is 18.6 Å². The maximum atomic E-state index is 11.8. The summed E-state index contributed by atoms with van der Waals surface area (Å²) in [4.78, 5) is 13.9. The fourth-order valence-corrected chi connectivity index (χ4v) is 3.47. The van der Waals surface area contributed by atoms with E-state index < -0.39 is 0 Å². The highest BCUT2D eigenvalue weighted by atomic mass is 32.2. The Morgan fingerprint density at radius 1 is 1.14 bits per heavy atom. The number of rotatable bonds is 14. The van der Waals surface area contributed by atoms with Gasteiger partial charge in [-0.25, -0.2) is 0 Å². The molecule has 0 aromatic rings. The SMILES string of the molecule is CSCCC(CCCCC(=O)NCCNC(C)N(C)C)SC. The van der Waals surface area contributed by atoms with E-state index in [4.69, 9.17) is 0 Å². The standard InChI is InChI=1S/C16H35N3OS2/c1-14(19(2)3)17-11-12-18-16(20)9-7-6-8-15(22-5)10-13-21-4/h14-15,17H,6-13H2,1-5H3,(H,18,20). The molecule has 0 aromatic heterocycles.